The Labute approximate surface area is 117 Å². The molecule has 0 bridgehead atoms. The van der Waals surface area contributed by atoms with E-state index in [0.717, 1.165) is 23.8 Å². The summed E-state index contributed by atoms with van der Waals surface area (Å²) >= 11 is 5.98. The second-order valence-electron chi connectivity index (χ2n) is 4.64. The van der Waals surface area contributed by atoms with Gasteiger partial charge in [0.25, 0.3) is 5.56 Å². The van der Waals surface area contributed by atoms with Gasteiger partial charge in [-0.25, -0.2) is 9.18 Å². The molecule has 2 rings (SSSR count). The Bertz CT molecular complexity index is 603. The number of aromatic nitrogens is 2. The van der Waals surface area contributed by atoms with Gasteiger partial charge < -0.3 is 14.9 Å². The average Bonchev–Trinajstić information content (AvgIpc) is 2.64. The number of nitrogens with zero attached hydrogens (tertiary/aromatic N) is 1. The van der Waals surface area contributed by atoms with Crippen LogP contribution >= 0.6 is 11.6 Å². The van der Waals surface area contributed by atoms with Crippen molar-refractivity contribution in [3.8, 4) is 0 Å². The highest BCUT2D eigenvalue weighted by Crippen LogP contribution is 2.42. The van der Waals surface area contributed by atoms with E-state index in [9.17, 15) is 24.2 Å². The number of H-pyrrole nitrogens is 1. The van der Waals surface area contributed by atoms with Crippen LogP contribution in [0.15, 0.2) is 21.9 Å². The molecule has 2 heterocycles. The van der Waals surface area contributed by atoms with Gasteiger partial charge in [-0.2, -0.15) is 0 Å². The molecule has 1 aliphatic heterocycles. The van der Waals surface area contributed by atoms with Gasteiger partial charge in [-0.15, -0.1) is 11.6 Å². The molecule has 3 N–H and O–H groups in total. The number of hydrogen-bond acceptors (Lipinski definition) is 5. The molecule has 0 aromatic carbocycles. The summed E-state index contributed by atoms with van der Waals surface area (Å²) in [5, 5.41) is 18.2. The maximum Gasteiger partial charge on any atom is 0.330 e. The van der Waals surface area contributed by atoms with Crippen LogP contribution in [0.5, 0.6) is 0 Å². The third-order valence-electron chi connectivity index (χ3n) is 3.46. The normalized spacial score (nSPS) is 35.1. The van der Waals surface area contributed by atoms with E-state index < -0.39 is 47.3 Å². The van der Waals surface area contributed by atoms with Crippen molar-refractivity contribution in [2.45, 2.75) is 36.4 Å². The smallest absolute Gasteiger partial charge is 0.330 e. The van der Waals surface area contributed by atoms with Crippen molar-refractivity contribution in [3.05, 3.63) is 33.1 Å². The quantitative estimate of drug-likeness (QED) is 0.629. The Morgan fingerprint density at radius 3 is 2.75 bits per heavy atom. The Morgan fingerprint density at radius 2 is 2.30 bits per heavy atom. The van der Waals surface area contributed by atoms with Crippen molar-refractivity contribution in [1.29, 1.82) is 0 Å². The predicted molar refractivity (Wildman–Crippen MR) is 67.5 cm³/mol. The molecule has 1 aromatic rings. The fraction of sp³-hybridized carbons (Fsp3) is 0.636. The largest absolute Gasteiger partial charge is 0.393 e. The summed E-state index contributed by atoms with van der Waals surface area (Å²) < 4.78 is 19.9. The number of nitrogens with one attached hydrogen (secondary N) is 1. The zero-order valence-electron chi connectivity index (χ0n) is 10.5. The number of ether oxygens (including phenoxy) is 1. The molecule has 7 nitrogen and oxygen atoms in total. The number of halogens is 2. The van der Waals surface area contributed by atoms with Crippen LogP contribution in [0.4, 0.5) is 4.39 Å². The van der Waals surface area contributed by atoms with Crippen molar-refractivity contribution in [1.82, 2.24) is 9.55 Å². The van der Waals surface area contributed by atoms with Crippen molar-refractivity contribution >= 4 is 11.6 Å². The first-order valence-corrected chi connectivity index (χ1v) is 6.33. The zero-order valence-corrected chi connectivity index (χ0v) is 11.2. The molecule has 20 heavy (non-hydrogen) atoms. The number of aliphatic hydroxyl groups excluding tert-OH is 2. The molecule has 1 aliphatic rings. The molecule has 5 atom stereocenters. The molecule has 1 aromatic heterocycles. The first-order chi connectivity index (χ1) is 9.33. The zero-order chi connectivity index (χ0) is 15.1. The van der Waals surface area contributed by atoms with E-state index in [-0.39, 0.29) is 0 Å². The third kappa shape index (κ3) is 2.18. The van der Waals surface area contributed by atoms with Gasteiger partial charge in [0.1, 0.15) is 17.7 Å². The minimum atomic E-state index is -1.91. The van der Waals surface area contributed by atoms with Gasteiger partial charge in [-0.05, 0) is 6.92 Å². The molecule has 0 aliphatic carbocycles. The molecule has 2 unspecified atom stereocenters. The first-order valence-electron chi connectivity index (χ1n) is 5.90. The summed E-state index contributed by atoms with van der Waals surface area (Å²) in [4.78, 5) is 24.7. The molecule has 9 heteroatoms. The summed E-state index contributed by atoms with van der Waals surface area (Å²) in [6.07, 6.45) is -3.31. The summed E-state index contributed by atoms with van der Waals surface area (Å²) in [6.45, 7) is 0.310. The molecule has 1 saturated heterocycles. The second-order valence-corrected chi connectivity index (χ2v) is 5.15. The Kier molecular flexibility index (Phi) is 4.01. The van der Waals surface area contributed by atoms with Crippen LogP contribution in [-0.2, 0) is 4.74 Å². The molecule has 0 saturated carbocycles. The van der Waals surface area contributed by atoms with Crippen molar-refractivity contribution < 1.29 is 19.3 Å². The molecule has 1 fully saturated rings. The van der Waals surface area contributed by atoms with Crippen LogP contribution in [0.25, 0.3) is 0 Å². The lowest BCUT2D eigenvalue weighted by molar-refractivity contribution is -0.161. The monoisotopic (exact) mass is 308 g/mol. The SMILES string of the molecule is CC(F)[C@]1(CO)OC(n2ccc(=O)[nH]c2=O)[C@H](Cl)[C@@H]1O. The van der Waals surface area contributed by atoms with Crippen LogP contribution in [0, 0.1) is 0 Å². The van der Waals surface area contributed by atoms with Crippen molar-refractivity contribution in [2.75, 3.05) is 6.61 Å². The third-order valence-corrected chi connectivity index (χ3v) is 3.91. The number of aromatic amines is 1. The summed E-state index contributed by atoms with van der Waals surface area (Å²) in [5.41, 5.74) is -3.32. The number of alkyl halides is 2. The number of hydrogen-bond donors (Lipinski definition) is 3. The molecule has 0 radical (unpaired) electrons. The maximum atomic E-state index is 13.7. The lowest BCUT2D eigenvalue weighted by Crippen LogP contribution is -2.51. The van der Waals surface area contributed by atoms with Crippen molar-refractivity contribution in [2.24, 2.45) is 0 Å². The Hall–Kier alpha value is -1.22. The van der Waals surface area contributed by atoms with E-state index in [4.69, 9.17) is 16.3 Å². The van der Waals surface area contributed by atoms with E-state index in [2.05, 4.69) is 0 Å². The van der Waals surface area contributed by atoms with E-state index in [0.29, 0.717) is 0 Å². The highest BCUT2D eigenvalue weighted by molar-refractivity contribution is 6.21. The van der Waals surface area contributed by atoms with Gasteiger partial charge in [0, 0.05) is 12.3 Å². The van der Waals surface area contributed by atoms with E-state index >= 15 is 0 Å². The lowest BCUT2D eigenvalue weighted by atomic mass is 9.93. The van der Waals surface area contributed by atoms with Crippen molar-refractivity contribution in [3.63, 3.8) is 0 Å². The summed E-state index contributed by atoms with van der Waals surface area (Å²) in [5.74, 6) is 0. The molecular weight excluding hydrogens is 295 g/mol. The van der Waals surface area contributed by atoms with Gasteiger partial charge in [0.15, 0.2) is 11.8 Å². The van der Waals surface area contributed by atoms with Crippen LogP contribution in [0.2, 0.25) is 0 Å². The fourth-order valence-corrected chi connectivity index (χ4v) is 2.59. The minimum Gasteiger partial charge on any atom is -0.393 e. The first kappa shape index (κ1) is 15.2. The van der Waals surface area contributed by atoms with Crippen LogP contribution in [0.1, 0.15) is 13.2 Å². The van der Waals surface area contributed by atoms with E-state index in [1.165, 1.54) is 0 Å². The molecule has 0 spiro atoms. The van der Waals surface area contributed by atoms with Gasteiger partial charge >= 0.3 is 5.69 Å². The number of rotatable bonds is 3. The molecule has 0 amide bonds. The molecular formula is C11H14ClFN2O5. The maximum absolute atomic E-state index is 13.7. The lowest BCUT2D eigenvalue weighted by Gasteiger charge is -2.31. The molecule has 112 valence electrons. The van der Waals surface area contributed by atoms with Gasteiger partial charge in [-0.3, -0.25) is 14.3 Å². The van der Waals surface area contributed by atoms with Gasteiger partial charge in [-0.1, -0.05) is 0 Å². The fourth-order valence-electron chi connectivity index (χ4n) is 2.21. The standard InChI is InChI=1S/C11H14ClFN2O5/c1-5(13)11(4-16)8(18)7(12)9(20-11)15-3-2-6(17)14-10(15)19/h2-3,5,7-9,16,18H,4H2,1H3,(H,14,17,19)/t5?,7-,8+,9?,11+/m1/s1. The Balaban J connectivity index is 2.45. The van der Waals surface area contributed by atoms with Crippen LogP contribution in [-0.4, -0.2) is 49.6 Å². The highest BCUT2D eigenvalue weighted by Gasteiger charge is 2.58. The minimum absolute atomic E-state index is 0.608. The second kappa shape index (κ2) is 5.28. The summed E-state index contributed by atoms with van der Waals surface area (Å²) in [7, 11) is 0. The van der Waals surface area contributed by atoms with E-state index in [1.807, 2.05) is 4.98 Å². The van der Waals surface area contributed by atoms with Crippen LogP contribution in [0.3, 0.4) is 0 Å². The van der Waals surface area contributed by atoms with Crippen LogP contribution < -0.4 is 11.2 Å². The Morgan fingerprint density at radius 1 is 1.65 bits per heavy atom. The van der Waals surface area contributed by atoms with Gasteiger partial charge in [0.2, 0.25) is 0 Å². The topological polar surface area (TPSA) is 105 Å². The van der Waals surface area contributed by atoms with E-state index in [1.54, 1.807) is 0 Å². The predicted octanol–water partition coefficient (Wildman–Crippen LogP) is -0.877. The highest BCUT2D eigenvalue weighted by atomic mass is 35.5. The number of aliphatic hydroxyl groups is 2. The average molecular weight is 309 g/mol. The van der Waals surface area contributed by atoms with Gasteiger partial charge in [0.05, 0.1) is 6.61 Å². The summed E-state index contributed by atoms with van der Waals surface area (Å²) in [6, 6.07) is 1.07.